The highest BCUT2D eigenvalue weighted by Crippen LogP contribution is 2.62. The zero-order valence-corrected chi connectivity index (χ0v) is 15.1. The standard InChI is InChI=1S/C20H26N2O3/c1-20(2)13-6-9-15(16(20)10-13)17-18(23)22(19(24)21-17)11-12-4-7-14(25-3)8-5-12/h4-5,7-8,13,15-17H,6,9-11H2,1-3H3,(H,21,24). The number of imide groups is 1. The van der Waals surface area contributed by atoms with Crippen LogP contribution in [0.4, 0.5) is 4.79 Å². The molecule has 134 valence electrons. The van der Waals surface area contributed by atoms with E-state index in [0.29, 0.717) is 17.9 Å². The van der Waals surface area contributed by atoms with Gasteiger partial charge in [0.15, 0.2) is 0 Å². The molecule has 5 heteroatoms. The number of nitrogens with one attached hydrogen (secondary N) is 1. The van der Waals surface area contributed by atoms with Crippen molar-refractivity contribution in [2.45, 2.75) is 45.7 Å². The summed E-state index contributed by atoms with van der Waals surface area (Å²) < 4.78 is 5.15. The van der Waals surface area contributed by atoms with Gasteiger partial charge in [-0.3, -0.25) is 9.69 Å². The van der Waals surface area contributed by atoms with Crippen LogP contribution in [-0.4, -0.2) is 30.0 Å². The lowest BCUT2D eigenvalue weighted by Gasteiger charge is -2.60. The van der Waals surface area contributed by atoms with E-state index in [2.05, 4.69) is 19.2 Å². The Hall–Kier alpha value is -2.04. The molecule has 0 aromatic heterocycles. The van der Waals surface area contributed by atoms with Gasteiger partial charge in [0.1, 0.15) is 11.8 Å². The van der Waals surface area contributed by atoms with Crippen LogP contribution in [0, 0.1) is 23.2 Å². The molecule has 0 spiro atoms. The van der Waals surface area contributed by atoms with E-state index in [0.717, 1.165) is 23.7 Å². The first-order valence-electron chi connectivity index (χ1n) is 9.16. The molecule has 4 aliphatic rings. The van der Waals surface area contributed by atoms with E-state index < -0.39 is 0 Å². The molecule has 1 heterocycles. The molecule has 1 aromatic rings. The van der Waals surface area contributed by atoms with Crippen molar-refractivity contribution in [1.29, 1.82) is 0 Å². The molecule has 3 saturated carbocycles. The van der Waals surface area contributed by atoms with Crippen LogP contribution in [-0.2, 0) is 11.3 Å². The first kappa shape index (κ1) is 16.4. The second kappa shape index (κ2) is 5.75. The average Bonchev–Trinajstić information content (AvgIpc) is 2.90. The quantitative estimate of drug-likeness (QED) is 0.855. The minimum atomic E-state index is -0.351. The Balaban J connectivity index is 1.48. The zero-order valence-electron chi connectivity index (χ0n) is 15.1. The SMILES string of the molecule is COc1ccc(CN2C(=O)NC(C3CCC4CC3C4(C)C)C2=O)cc1. The maximum Gasteiger partial charge on any atom is 0.325 e. The fourth-order valence-corrected chi connectivity index (χ4v) is 5.16. The van der Waals surface area contributed by atoms with Gasteiger partial charge in [0, 0.05) is 0 Å². The maximum absolute atomic E-state index is 12.9. The van der Waals surface area contributed by atoms with E-state index in [1.807, 2.05) is 24.3 Å². The summed E-state index contributed by atoms with van der Waals surface area (Å²) in [5, 5.41) is 2.97. The van der Waals surface area contributed by atoms with Crippen molar-refractivity contribution in [2.75, 3.05) is 7.11 Å². The predicted molar refractivity (Wildman–Crippen MR) is 94.0 cm³/mol. The van der Waals surface area contributed by atoms with Crippen LogP contribution in [0.25, 0.3) is 0 Å². The van der Waals surface area contributed by atoms with Crippen LogP contribution in [0.3, 0.4) is 0 Å². The molecule has 1 saturated heterocycles. The van der Waals surface area contributed by atoms with Crippen molar-refractivity contribution in [2.24, 2.45) is 23.2 Å². The van der Waals surface area contributed by atoms with Crippen molar-refractivity contribution in [3.8, 4) is 5.75 Å². The summed E-state index contributed by atoms with van der Waals surface area (Å²) in [6.45, 7) is 4.94. The smallest absolute Gasteiger partial charge is 0.325 e. The first-order chi connectivity index (χ1) is 11.9. The number of urea groups is 1. The number of ether oxygens (including phenoxy) is 1. The van der Waals surface area contributed by atoms with Gasteiger partial charge in [-0.2, -0.15) is 0 Å². The van der Waals surface area contributed by atoms with Crippen molar-refractivity contribution in [1.82, 2.24) is 10.2 Å². The number of carbonyl (C=O) groups excluding carboxylic acids is 2. The Morgan fingerprint density at radius 2 is 1.92 bits per heavy atom. The Morgan fingerprint density at radius 1 is 1.20 bits per heavy atom. The van der Waals surface area contributed by atoms with Gasteiger partial charge in [-0.05, 0) is 60.1 Å². The minimum Gasteiger partial charge on any atom is -0.497 e. The first-order valence-corrected chi connectivity index (χ1v) is 9.16. The van der Waals surface area contributed by atoms with Crippen molar-refractivity contribution in [3.63, 3.8) is 0 Å². The molecule has 1 N–H and O–H groups in total. The van der Waals surface area contributed by atoms with E-state index in [1.54, 1.807) is 7.11 Å². The van der Waals surface area contributed by atoms with Crippen LogP contribution in [0.15, 0.2) is 24.3 Å². The van der Waals surface area contributed by atoms with Crippen LogP contribution in [0.2, 0.25) is 0 Å². The third-order valence-corrected chi connectivity index (χ3v) is 6.90. The number of carbonyl (C=O) groups is 2. The summed E-state index contributed by atoms with van der Waals surface area (Å²) in [6, 6.07) is 6.88. The van der Waals surface area contributed by atoms with E-state index in [-0.39, 0.29) is 23.9 Å². The molecule has 2 bridgehead atoms. The molecule has 5 nitrogen and oxygen atoms in total. The molecule has 5 rings (SSSR count). The zero-order chi connectivity index (χ0) is 17.8. The van der Waals surface area contributed by atoms with Gasteiger partial charge in [0.05, 0.1) is 13.7 Å². The van der Waals surface area contributed by atoms with E-state index in [9.17, 15) is 9.59 Å². The van der Waals surface area contributed by atoms with Crippen molar-refractivity contribution in [3.05, 3.63) is 29.8 Å². The fraction of sp³-hybridized carbons (Fsp3) is 0.600. The van der Waals surface area contributed by atoms with Crippen molar-refractivity contribution >= 4 is 11.9 Å². The second-order valence-corrected chi connectivity index (χ2v) is 8.30. The topological polar surface area (TPSA) is 58.6 Å². The van der Waals surface area contributed by atoms with Gasteiger partial charge < -0.3 is 10.1 Å². The lowest BCUT2D eigenvalue weighted by Crippen LogP contribution is -2.57. The van der Waals surface area contributed by atoms with Gasteiger partial charge in [-0.25, -0.2) is 4.79 Å². The summed E-state index contributed by atoms with van der Waals surface area (Å²) in [7, 11) is 1.62. The number of rotatable bonds is 4. The van der Waals surface area contributed by atoms with Gasteiger partial charge in [0.25, 0.3) is 5.91 Å². The molecular weight excluding hydrogens is 316 g/mol. The number of amides is 3. The van der Waals surface area contributed by atoms with E-state index in [1.165, 1.54) is 17.7 Å². The summed E-state index contributed by atoms with van der Waals surface area (Å²) >= 11 is 0. The average molecular weight is 342 g/mol. The summed E-state index contributed by atoms with van der Waals surface area (Å²) in [4.78, 5) is 26.7. The Bertz CT molecular complexity index is 695. The van der Waals surface area contributed by atoms with Crippen LogP contribution < -0.4 is 10.1 Å². The van der Waals surface area contributed by atoms with Crippen LogP contribution in [0.1, 0.15) is 38.7 Å². The van der Waals surface area contributed by atoms with Crippen molar-refractivity contribution < 1.29 is 14.3 Å². The van der Waals surface area contributed by atoms with Crippen LogP contribution >= 0.6 is 0 Å². The molecule has 25 heavy (non-hydrogen) atoms. The lowest BCUT2D eigenvalue weighted by atomic mass is 9.44. The molecule has 4 unspecified atom stereocenters. The molecule has 4 fully saturated rings. The molecule has 3 amide bonds. The van der Waals surface area contributed by atoms with Gasteiger partial charge in [-0.15, -0.1) is 0 Å². The highest BCUT2D eigenvalue weighted by molar-refractivity contribution is 6.04. The summed E-state index contributed by atoms with van der Waals surface area (Å²) in [6.07, 6.45) is 3.42. The Labute approximate surface area is 148 Å². The number of hydrogen-bond donors (Lipinski definition) is 1. The number of methoxy groups -OCH3 is 1. The number of nitrogens with zero attached hydrogens (tertiary/aromatic N) is 1. The van der Waals surface area contributed by atoms with E-state index >= 15 is 0 Å². The van der Waals surface area contributed by atoms with E-state index in [4.69, 9.17) is 4.74 Å². The molecule has 1 aliphatic heterocycles. The molecule has 4 atom stereocenters. The highest BCUT2D eigenvalue weighted by atomic mass is 16.5. The third kappa shape index (κ3) is 2.52. The Morgan fingerprint density at radius 3 is 2.52 bits per heavy atom. The number of benzene rings is 1. The summed E-state index contributed by atoms with van der Waals surface area (Å²) in [5.41, 5.74) is 1.23. The molecule has 1 aromatic carbocycles. The lowest BCUT2D eigenvalue weighted by molar-refractivity contribution is -0.140. The normalized spacial score (nSPS) is 33.0. The monoisotopic (exact) mass is 342 g/mol. The third-order valence-electron chi connectivity index (χ3n) is 6.90. The molecule has 0 radical (unpaired) electrons. The van der Waals surface area contributed by atoms with Gasteiger partial charge >= 0.3 is 6.03 Å². The second-order valence-electron chi connectivity index (χ2n) is 8.30. The Kier molecular flexibility index (Phi) is 3.78. The fourth-order valence-electron chi connectivity index (χ4n) is 5.16. The number of fused-ring (bicyclic) bond motifs is 2. The van der Waals surface area contributed by atoms with Crippen LogP contribution in [0.5, 0.6) is 5.75 Å². The molecule has 3 aliphatic carbocycles. The highest BCUT2D eigenvalue weighted by Gasteiger charge is 2.58. The molecular formula is C20H26N2O3. The maximum atomic E-state index is 12.9. The van der Waals surface area contributed by atoms with Gasteiger partial charge in [-0.1, -0.05) is 26.0 Å². The predicted octanol–water partition coefficient (Wildman–Crippen LogP) is 3.19. The minimum absolute atomic E-state index is 0.0630. The largest absolute Gasteiger partial charge is 0.497 e. The number of hydrogen-bond acceptors (Lipinski definition) is 3. The van der Waals surface area contributed by atoms with Gasteiger partial charge in [0.2, 0.25) is 0 Å². The summed E-state index contributed by atoms with van der Waals surface area (Å²) in [5.74, 6) is 2.31.